The smallest absolute Gasteiger partial charge is 0.326 e. The molecule has 0 aromatic heterocycles. The van der Waals surface area contributed by atoms with Gasteiger partial charge in [-0.3, -0.25) is 14.4 Å². The van der Waals surface area contributed by atoms with Crippen molar-refractivity contribution in [2.75, 3.05) is 13.1 Å². The van der Waals surface area contributed by atoms with Crippen molar-refractivity contribution in [3.8, 4) is 0 Å². The van der Waals surface area contributed by atoms with Gasteiger partial charge in [-0.15, -0.1) is 0 Å². The minimum atomic E-state index is -1.15. The fourth-order valence-corrected chi connectivity index (χ4v) is 2.56. The average molecular weight is 402 g/mol. The molecule has 0 aliphatic heterocycles. The molecule has 0 saturated heterocycles. The number of hydrogen-bond acceptors (Lipinski definition) is 6. The van der Waals surface area contributed by atoms with E-state index in [1.165, 1.54) is 0 Å². The highest BCUT2D eigenvalue weighted by atomic mass is 16.4. The van der Waals surface area contributed by atoms with Crippen molar-refractivity contribution >= 4 is 23.7 Å². The maximum absolute atomic E-state index is 12.7. The third-order valence-corrected chi connectivity index (χ3v) is 4.26. The van der Waals surface area contributed by atoms with Crippen LogP contribution in [0.2, 0.25) is 0 Å². The SMILES string of the molecule is CC(C)C(NC(=O)C(NC(=O)C(CCCCN)NC(=O)CN)C(C)C)C(=O)O. The quantitative estimate of drug-likeness (QED) is 0.213. The topological polar surface area (TPSA) is 177 Å². The monoisotopic (exact) mass is 401 g/mol. The predicted molar refractivity (Wildman–Crippen MR) is 105 cm³/mol. The van der Waals surface area contributed by atoms with Crippen molar-refractivity contribution in [2.24, 2.45) is 23.3 Å². The largest absolute Gasteiger partial charge is 0.480 e. The molecule has 0 radical (unpaired) electrons. The van der Waals surface area contributed by atoms with Crippen LogP contribution in [0.5, 0.6) is 0 Å². The summed E-state index contributed by atoms with van der Waals surface area (Å²) in [5, 5.41) is 16.9. The Kier molecular flexibility index (Phi) is 12.0. The highest BCUT2D eigenvalue weighted by Gasteiger charge is 2.32. The number of rotatable bonds is 13. The molecule has 3 unspecified atom stereocenters. The first-order chi connectivity index (χ1) is 13.0. The molecule has 0 aromatic rings. The van der Waals surface area contributed by atoms with Crippen LogP contribution in [0.25, 0.3) is 0 Å². The summed E-state index contributed by atoms with van der Waals surface area (Å²) in [5.74, 6) is -3.35. The van der Waals surface area contributed by atoms with Crippen LogP contribution in [-0.2, 0) is 19.2 Å². The lowest BCUT2D eigenvalue weighted by Crippen LogP contribution is -2.58. The van der Waals surface area contributed by atoms with Gasteiger partial charge in [0.25, 0.3) is 0 Å². The Morgan fingerprint density at radius 1 is 0.821 bits per heavy atom. The van der Waals surface area contributed by atoms with E-state index < -0.39 is 41.8 Å². The number of carbonyl (C=O) groups excluding carboxylic acids is 3. The maximum atomic E-state index is 12.7. The molecule has 3 atom stereocenters. The Labute approximate surface area is 166 Å². The van der Waals surface area contributed by atoms with Crippen molar-refractivity contribution in [2.45, 2.75) is 65.1 Å². The van der Waals surface area contributed by atoms with Crippen LogP contribution in [0.4, 0.5) is 0 Å². The first-order valence-electron chi connectivity index (χ1n) is 9.58. The minimum absolute atomic E-state index is 0.260. The van der Waals surface area contributed by atoms with Crippen molar-refractivity contribution in [1.29, 1.82) is 0 Å². The van der Waals surface area contributed by atoms with Crippen LogP contribution in [0.15, 0.2) is 0 Å². The second kappa shape index (κ2) is 13.1. The lowest BCUT2D eigenvalue weighted by atomic mass is 9.99. The Bertz CT molecular complexity index is 538. The summed E-state index contributed by atoms with van der Waals surface area (Å²) in [6.45, 7) is 7.02. The van der Waals surface area contributed by atoms with E-state index in [0.29, 0.717) is 25.8 Å². The zero-order valence-electron chi connectivity index (χ0n) is 17.2. The number of nitrogens with two attached hydrogens (primary N) is 2. The molecule has 0 fully saturated rings. The average Bonchev–Trinajstić information content (AvgIpc) is 2.61. The van der Waals surface area contributed by atoms with Crippen LogP contribution in [-0.4, -0.2) is 60.0 Å². The van der Waals surface area contributed by atoms with E-state index in [1.54, 1.807) is 27.7 Å². The summed E-state index contributed by atoms with van der Waals surface area (Å²) in [5.41, 5.74) is 10.8. The first kappa shape index (κ1) is 25.8. The number of hydrogen-bond donors (Lipinski definition) is 6. The molecule has 3 amide bonds. The summed E-state index contributed by atoms with van der Waals surface area (Å²) < 4.78 is 0. The van der Waals surface area contributed by atoms with Gasteiger partial charge >= 0.3 is 5.97 Å². The van der Waals surface area contributed by atoms with Gasteiger partial charge in [-0.25, -0.2) is 4.79 Å². The van der Waals surface area contributed by atoms with Crippen LogP contribution >= 0.6 is 0 Å². The zero-order valence-corrected chi connectivity index (χ0v) is 17.2. The molecule has 0 rings (SSSR count). The number of nitrogens with one attached hydrogen (secondary N) is 3. The molecule has 0 aromatic carbocycles. The molecule has 0 bridgehead atoms. The summed E-state index contributed by atoms with van der Waals surface area (Å²) in [4.78, 5) is 48.2. The number of carbonyl (C=O) groups is 4. The van der Waals surface area contributed by atoms with Gasteiger partial charge < -0.3 is 32.5 Å². The maximum Gasteiger partial charge on any atom is 0.326 e. The fourth-order valence-electron chi connectivity index (χ4n) is 2.56. The molecule has 0 saturated carbocycles. The first-order valence-corrected chi connectivity index (χ1v) is 9.58. The third-order valence-electron chi connectivity index (χ3n) is 4.26. The van der Waals surface area contributed by atoms with Crippen LogP contribution in [0.1, 0.15) is 47.0 Å². The standard InChI is InChI=1S/C18H35N5O5/c1-10(2)14(17(26)23-15(11(3)4)18(27)28)22-16(25)12(7-5-6-8-19)21-13(24)9-20/h10-12,14-15H,5-9,19-20H2,1-4H3,(H,21,24)(H,22,25)(H,23,26)(H,27,28). The Morgan fingerprint density at radius 3 is 1.79 bits per heavy atom. The molecule has 8 N–H and O–H groups in total. The second-order valence-corrected chi connectivity index (χ2v) is 7.41. The van der Waals surface area contributed by atoms with E-state index in [-0.39, 0.29) is 18.4 Å². The Hall–Kier alpha value is -2.20. The van der Waals surface area contributed by atoms with Crippen molar-refractivity contribution in [1.82, 2.24) is 16.0 Å². The highest BCUT2D eigenvalue weighted by molar-refractivity contribution is 5.93. The second-order valence-electron chi connectivity index (χ2n) is 7.41. The van der Waals surface area contributed by atoms with Gasteiger partial charge in [-0.1, -0.05) is 27.7 Å². The molecular formula is C18H35N5O5. The van der Waals surface area contributed by atoms with Gasteiger partial charge in [0.1, 0.15) is 18.1 Å². The fraction of sp³-hybridized carbons (Fsp3) is 0.778. The third kappa shape index (κ3) is 9.14. The van der Waals surface area contributed by atoms with Crippen molar-refractivity contribution in [3.63, 3.8) is 0 Å². The number of carboxylic acid groups (broad SMARTS) is 1. The van der Waals surface area contributed by atoms with Gasteiger partial charge in [-0.2, -0.15) is 0 Å². The predicted octanol–water partition coefficient (Wildman–Crippen LogP) is -1.07. The van der Waals surface area contributed by atoms with E-state index in [9.17, 15) is 24.3 Å². The minimum Gasteiger partial charge on any atom is -0.480 e. The lowest BCUT2D eigenvalue weighted by Gasteiger charge is -2.27. The Balaban J connectivity index is 5.22. The van der Waals surface area contributed by atoms with E-state index in [1.807, 2.05) is 0 Å². The summed E-state index contributed by atoms with van der Waals surface area (Å²) in [6, 6.07) is -2.86. The van der Waals surface area contributed by atoms with Gasteiger partial charge in [0.05, 0.1) is 6.54 Å². The van der Waals surface area contributed by atoms with E-state index in [2.05, 4.69) is 16.0 Å². The van der Waals surface area contributed by atoms with Crippen LogP contribution in [0.3, 0.4) is 0 Å². The molecular weight excluding hydrogens is 366 g/mol. The number of amides is 3. The molecule has 28 heavy (non-hydrogen) atoms. The summed E-state index contributed by atoms with van der Waals surface area (Å²) in [6.07, 6.45) is 1.66. The van der Waals surface area contributed by atoms with Gasteiger partial charge in [0, 0.05) is 0 Å². The molecule has 0 aliphatic carbocycles. The van der Waals surface area contributed by atoms with E-state index in [0.717, 1.165) is 0 Å². The molecule has 162 valence electrons. The molecule has 0 spiro atoms. The highest BCUT2D eigenvalue weighted by Crippen LogP contribution is 2.08. The van der Waals surface area contributed by atoms with Crippen molar-refractivity contribution in [3.05, 3.63) is 0 Å². The Morgan fingerprint density at radius 2 is 1.36 bits per heavy atom. The summed E-state index contributed by atoms with van der Waals surface area (Å²) >= 11 is 0. The van der Waals surface area contributed by atoms with Gasteiger partial charge in [0.2, 0.25) is 17.7 Å². The molecule has 0 aliphatic rings. The van der Waals surface area contributed by atoms with Gasteiger partial charge in [-0.05, 0) is 37.6 Å². The van der Waals surface area contributed by atoms with Crippen LogP contribution < -0.4 is 27.4 Å². The number of carboxylic acids is 1. The molecule has 10 nitrogen and oxygen atoms in total. The zero-order chi connectivity index (χ0) is 21.9. The number of aliphatic carboxylic acids is 1. The lowest BCUT2D eigenvalue weighted by molar-refractivity contribution is -0.143. The van der Waals surface area contributed by atoms with Crippen LogP contribution in [0, 0.1) is 11.8 Å². The van der Waals surface area contributed by atoms with Gasteiger partial charge in [0.15, 0.2) is 0 Å². The molecule has 0 heterocycles. The normalized spacial score (nSPS) is 14.3. The summed E-state index contributed by atoms with van der Waals surface area (Å²) in [7, 11) is 0. The van der Waals surface area contributed by atoms with Crippen molar-refractivity contribution < 1.29 is 24.3 Å². The molecule has 10 heteroatoms. The van der Waals surface area contributed by atoms with E-state index in [4.69, 9.17) is 11.5 Å². The number of unbranched alkanes of at least 4 members (excludes halogenated alkanes) is 1. The van der Waals surface area contributed by atoms with E-state index >= 15 is 0 Å².